The summed E-state index contributed by atoms with van der Waals surface area (Å²) in [6.45, 7) is 5.19. The van der Waals surface area contributed by atoms with Crippen molar-refractivity contribution in [2.75, 3.05) is 6.54 Å². The second kappa shape index (κ2) is 4.92. The maximum Gasteiger partial charge on any atom is 0.242 e. The molecule has 1 aromatic rings. The van der Waals surface area contributed by atoms with Crippen molar-refractivity contribution in [1.29, 1.82) is 0 Å². The molecule has 1 aromatic heterocycles. The fraction of sp³-hybridized carbons (Fsp3) is 0.615. The van der Waals surface area contributed by atoms with Crippen LogP contribution < -0.4 is 5.73 Å². The van der Waals surface area contributed by atoms with Crippen molar-refractivity contribution >= 4 is 5.91 Å². The molecule has 1 saturated carbocycles. The number of nitrogens with two attached hydrogens (primary N) is 1. The van der Waals surface area contributed by atoms with Gasteiger partial charge in [0, 0.05) is 30.5 Å². The van der Waals surface area contributed by atoms with E-state index < -0.39 is 0 Å². The predicted octanol–water partition coefficient (Wildman–Crippen LogP) is 1.52. The molecule has 1 aliphatic rings. The van der Waals surface area contributed by atoms with Crippen LogP contribution in [0.4, 0.5) is 0 Å². The smallest absolute Gasteiger partial charge is 0.242 e. The average Bonchev–Trinajstić information content (AvgIpc) is 2.98. The van der Waals surface area contributed by atoms with Crippen LogP contribution in [0, 0.1) is 0 Å². The molecule has 0 radical (unpaired) electrons. The van der Waals surface area contributed by atoms with Crippen molar-refractivity contribution in [3.8, 4) is 0 Å². The topological polar surface area (TPSA) is 51.3 Å². The van der Waals surface area contributed by atoms with Gasteiger partial charge in [-0.1, -0.05) is 0 Å². The summed E-state index contributed by atoms with van der Waals surface area (Å²) >= 11 is 0. The van der Waals surface area contributed by atoms with E-state index in [2.05, 4.69) is 0 Å². The third-order valence-electron chi connectivity index (χ3n) is 3.29. The molecule has 0 aromatic carbocycles. The minimum Gasteiger partial charge on any atom is -0.341 e. The van der Waals surface area contributed by atoms with Crippen LogP contribution in [0.3, 0.4) is 0 Å². The second-order valence-corrected chi connectivity index (χ2v) is 4.76. The molecule has 1 heterocycles. The molecule has 1 amide bonds. The predicted molar refractivity (Wildman–Crippen MR) is 67.4 cm³/mol. The van der Waals surface area contributed by atoms with Gasteiger partial charge in [0.2, 0.25) is 5.91 Å². The van der Waals surface area contributed by atoms with Gasteiger partial charge in [0.1, 0.15) is 6.54 Å². The Morgan fingerprint density at radius 3 is 2.88 bits per heavy atom. The van der Waals surface area contributed by atoms with Gasteiger partial charge >= 0.3 is 0 Å². The van der Waals surface area contributed by atoms with Gasteiger partial charge in [0.25, 0.3) is 0 Å². The van der Waals surface area contributed by atoms with Crippen LogP contribution in [-0.2, 0) is 11.3 Å². The monoisotopic (exact) mass is 235 g/mol. The van der Waals surface area contributed by atoms with Crippen molar-refractivity contribution in [2.45, 2.75) is 45.3 Å². The van der Waals surface area contributed by atoms with Gasteiger partial charge in [-0.25, -0.2) is 0 Å². The highest BCUT2D eigenvalue weighted by molar-refractivity contribution is 5.76. The molecule has 1 aliphatic carbocycles. The lowest BCUT2D eigenvalue weighted by atomic mass is 10.2. The van der Waals surface area contributed by atoms with Crippen LogP contribution >= 0.6 is 0 Å². The van der Waals surface area contributed by atoms with E-state index in [0.717, 1.165) is 25.1 Å². The summed E-state index contributed by atoms with van der Waals surface area (Å²) in [6.07, 6.45) is 4.24. The summed E-state index contributed by atoms with van der Waals surface area (Å²) in [5, 5.41) is 0. The molecule has 0 saturated heterocycles. The van der Waals surface area contributed by atoms with Crippen molar-refractivity contribution in [2.24, 2.45) is 5.73 Å². The zero-order chi connectivity index (χ0) is 12.4. The Morgan fingerprint density at radius 1 is 1.65 bits per heavy atom. The summed E-state index contributed by atoms with van der Waals surface area (Å²) in [6, 6.07) is 4.38. The van der Waals surface area contributed by atoms with E-state index in [1.807, 2.05) is 41.6 Å². The Kier molecular flexibility index (Phi) is 3.52. The van der Waals surface area contributed by atoms with Crippen LogP contribution in [0.25, 0.3) is 0 Å². The Morgan fingerprint density at radius 2 is 2.35 bits per heavy atom. The van der Waals surface area contributed by atoms with Crippen LogP contribution in [0.15, 0.2) is 18.3 Å². The van der Waals surface area contributed by atoms with Gasteiger partial charge in [-0.05, 0) is 38.8 Å². The normalized spacial score (nSPS) is 16.9. The molecular formula is C13H21N3O. The number of amides is 1. The number of rotatable bonds is 5. The van der Waals surface area contributed by atoms with Gasteiger partial charge < -0.3 is 15.2 Å². The maximum absolute atomic E-state index is 12.2. The van der Waals surface area contributed by atoms with Gasteiger partial charge in [0.05, 0.1) is 0 Å². The molecule has 0 aliphatic heterocycles. The van der Waals surface area contributed by atoms with Crippen molar-refractivity contribution < 1.29 is 4.79 Å². The highest BCUT2D eigenvalue weighted by Gasteiger charge is 2.31. The van der Waals surface area contributed by atoms with Gasteiger partial charge in [-0.2, -0.15) is 0 Å². The number of nitrogens with zero attached hydrogens (tertiary/aromatic N) is 2. The Bertz CT molecular complexity index is 393. The lowest BCUT2D eigenvalue weighted by Crippen LogP contribution is -2.35. The van der Waals surface area contributed by atoms with Gasteiger partial charge in [-0.3, -0.25) is 4.79 Å². The third-order valence-corrected chi connectivity index (χ3v) is 3.29. The Balaban J connectivity index is 2.04. The fourth-order valence-corrected chi connectivity index (χ4v) is 2.25. The van der Waals surface area contributed by atoms with Crippen LogP contribution in [-0.4, -0.2) is 28.0 Å². The second-order valence-electron chi connectivity index (χ2n) is 4.76. The third kappa shape index (κ3) is 2.69. The van der Waals surface area contributed by atoms with Gasteiger partial charge in [0.15, 0.2) is 0 Å². The molecule has 17 heavy (non-hydrogen) atoms. The van der Waals surface area contributed by atoms with E-state index in [1.54, 1.807) is 0 Å². The molecule has 1 fully saturated rings. The van der Waals surface area contributed by atoms with E-state index in [4.69, 9.17) is 5.73 Å². The number of hydrogen-bond donors (Lipinski definition) is 1. The molecule has 4 nitrogen and oxygen atoms in total. The number of likely N-dealkylation sites (N-methyl/N-ethyl adjacent to an activating group) is 1. The SMILES string of the molecule is CCN(C(=O)Cn1cccc1C(C)N)C1CC1. The molecular weight excluding hydrogens is 214 g/mol. The minimum atomic E-state index is -0.0335. The highest BCUT2D eigenvalue weighted by Crippen LogP contribution is 2.26. The zero-order valence-electron chi connectivity index (χ0n) is 10.6. The zero-order valence-corrected chi connectivity index (χ0v) is 10.6. The lowest BCUT2D eigenvalue weighted by Gasteiger charge is -2.21. The van der Waals surface area contributed by atoms with E-state index >= 15 is 0 Å². The molecule has 4 heteroatoms. The Hall–Kier alpha value is -1.29. The summed E-state index contributed by atoms with van der Waals surface area (Å²) in [7, 11) is 0. The first-order valence-electron chi connectivity index (χ1n) is 6.33. The van der Waals surface area contributed by atoms with Crippen molar-refractivity contribution in [1.82, 2.24) is 9.47 Å². The van der Waals surface area contributed by atoms with E-state index in [0.29, 0.717) is 12.6 Å². The summed E-state index contributed by atoms with van der Waals surface area (Å²) in [5.41, 5.74) is 6.89. The molecule has 1 atom stereocenters. The summed E-state index contributed by atoms with van der Waals surface area (Å²) < 4.78 is 1.96. The highest BCUT2D eigenvalue weighted by atomic mass is 16.2. The summed E-state index contributed by atoms with van der Waals surface area (Å²) in [5.74, 6) is 0.202. The maximum atomic E-state index is 12.2. The number of aromatic nitrogens is 1. The molecule has 94 valence electrons. The van der Waals surface area contributed by atoms with E-state index in [1.165, 1.54) is 0 Å². The number of hydrogen-bond acceptors (Lipinski definition) is 2. The summed E-state index contributed by atoms with van der Waals surface area (Å²) in [4.78, 5) is 14.1. The van der Waals surface area contributed by atoms with Gasteiger partial charge in [-0.15, -0.1) is 0 Å². The molecule has 2 rings (SSSR count). The molecule has 2 N–H and O–H groups in total. The van der Waals surface area contributed by atoms with Crippen LogP contribution in [0.5, 0.6) is 0 Å². The minimum absolute atomic E-state index is 0.0335. The standard InChI is InChI=1S/C13H21N3O/c1-3-16(11-6-7-11)13(17)9-15-8-4-5-12(15)10(2)14/h4-5,8,10-11H,3,6-7,9,14H2,1-2H3. The molecule has 1 unspecified atom stereocenters. The van der Waals surface area contributed by atoms with E-state index in [-0.39, 0.29) is 11.9 Å². The number of carbonyl (C=O) groups excluding carboxylic acids is 1. The van der Waals surface area contributed by atoms with E-state index in [9.17, 15) is 4.79 Å². The van der Waals surface area contributed by atoms with Crippen LogP contribution in [0.2, 0.25) is 0 Å². The quantitative estimate of drug-likeness (QED) is 0.841. The average molecular weight is 235 g/mol. The molecule has 0 bridgehead atoms. The number of carbonyl (C=O) groups is 1. The lowest BCUT2D eigenvalue weighted by molar-refractivity contribution is -0.132. The largest absolute Gasteiger partial charge is 0.341 e. The Labute approximate surface area is 102 Å². The first-order chi connectivity index (χ1) is 8.13. The first kappa shape index (κ1) is 12.2. The van der Waals surface area contributed by atoms with Crippen LogP contribution in [0.1, 0.15) is 38.4 Å². The fourth-order valence-electron chi connectivity index (χ4n) is 2.25. The van der Waals surface area contributed by atoms with Crippen molar-refractivity contribution in [3.05, 3.63) is 24.0 Å². The molecule has 0 spiro atoms. The van der Waals surface area contributed by atoms with Crippen molar-refractivity contribution in [3.63, 3.8) is 0 Å². The first-order valence-corrected chi connectivity index (χ1v) is 6.33.